The minimum Gasteiger partial charge on any atom is -0.478 e. The molecule has 1 aromatic carbocycles. The van der Waals surface area contributed by atoms with Crippen LogP contribution in [0.1, 0.15) is 22.3 Å². The number of nitrogens with zero attached hydrogens (tertiary/aromatic N) is 1. The molecule has 2 N–H and O–H groups in total. The average Bonchev–Trinajstić information content (AvgIpc) is 2.55. The number of methoxy groups -OCH3 is 1. The number of carboxylic acids is 1. The topological polar surface area (TPSA) is 88.1 Å². The monoisotopic (exact) mass is 324 g/mol. The molecule has 0 fully saturated rings. The molecule has 128 valence electrons. The quantitative estimate of drug-likeness (QED) is 0.638. The number of rotatable bonds is 10. The second-order valence-electron chi connectivity index (χ2n) is 5.04. The van der Waals surface area contributed by atoms with Gasteiger partial charge in [0, 0.05) is 40.5 Å². The molecule has 0 spiro atoms. The standard InChI is InChI=1S/C16H24N2O5/c1-18(8-11-23-10-3-9-22-2)16(21)17-12-13-4-6-14(7-5-13)15(19)20/h4-7H,3,8-12H2,1-2H3,(H,17,21)(H,19,20). The SMILES string of the molecule is COCCCOCCN(C)C(=O)NCc1ccc(C(=O)O)cc1. The zero-order valence-electron chi connectivity index (χ0n) is 13.6. The third-order valence-electron chi connectivity index (χ3n) is 3.20. The number of carbonyl (C=O) groups excluding carboxylic acids is 1. The summed E-state index contributed by atoms with van der Waals surface area (Å²) >= 11 is 0. The molecule has 1 aromatic rings. The van der Waals surface area contributed by atoms with Gasteiger partial charge in [-0.2, -0.15) is 0 Å². The summed E-state index contributed by atoms with van der Waals surface area (Å²) in [6, 6.07) is 6.20. The van der Waals surface area contributed by atoms with Crippen LogP contribution in [0.3, 0.4) is 0 Å². The zero-order valence-corrected chi connectivity index (χ0v) is 13.6. The predicted octanol–water partition coefficient (Wildman–Crippen LogP) is 1.58. The molecular formula is C16H24N2O5. The molecule has 0 atom stereocenters. The fourth-order valence-electron chi connectivity index (χ4n) is 1.79. The number of hydrogen-bond donors (Lipinski definition) is 2. The first kappa shape index (κ1) is 18.9. The third-order valence-corrected chi connectivity index (χ3v) is 3.20. The van der Waals surface area contributed by atoms with E-state index in [0.717, 1.165) is 12.0 Å². The normalized spacial score (nSPS) is 10.3. The Balaban J connectivity index is 2.23. The molecule has 1 rings (SSSR count). The first-order chi connectivity index (χ1) is 11.0. The Morgan fingerprint density at radius 2 is 1.87 bits per heavy atom. The van der Waals surface area contributed by atoms with Gasteiger partial charge in [-0.15, -0.1) is 0 Å². The maximum Gasteiger partial charge on any atom is 0.335 e. The van der Waals surface area contributed by atoms with Crippen LogP contribution in [0, 0.1) is 0 Å². The summed E-state index contributed by atoms with van der Waals surface area (Å²) in [6.07, 6.45) is 0.832. The number of carbonyl (C=O) groups is 2. The number of benzene rings is 1. The molecule has 0 aromatic heterocycles. The van der Waals surface area contributed by atoms with Crippen LogP contribution in [0.4, 0.5) is 4.79 Å². The molecule has 0 radical (unpaired) electrons. The van der Waals surface area contributed by atoms with Crippen molar-refractivity contribution in [2.24, 2.45) is 0 Å². The molecule has 0 unspecified atom stereocenters. The van der Waals surface area contributed by atoms with E-state index in [4.69, 9.17) is 14.6 Å². The summed E-state index contributed by atoms with van der Waals surface area (Å²) in [5.74, 6) is -0.967. The van der Waals surface area contributed by atoms with Crippen LogP contribution in [-0.4, -0.2) is 62.5 Å². The van der Waals surface area contributed by atoms with Crippen molar-refractivity contribution in [3.8, 4) is 0 Å². The van der Waals surface area contributed by atoms with E-state index in [0.29, 0.717) is 32.9 Å². The second-order valence-corrected chi connectivity index (χ2v) is 5.04. The minimum atomic E-state index is -0.967. The van der Waals surface area contributed by atoms with Gasteiger partial charge in [0.25, 0.3) is 0 Å². The molecule has 0 saturated carbocycles. The average molecular weight is 324 g/mol. The first-order valence-corrected chi connectivity index (χ1v) is 7.42. The van der Waals surface area contributed by atoms with Crippen LogP contribution in [0.15, 0.2) is 24.3 Å². The van der Waals surface area contributed by atoms with Crippen molar-refractivity contribution in [1.82, 2.24) is 10.2 Å². The van der Waals surface area contributed by atoms with Gasteiger partial charge >= 0.3 is 12.0 Å². The summed E-state index contributed by atoms with van der Waals surface area (Å²) < 4.78 is 10.3. The van der Waals surface area contributed by atoms with E-state index < -0.39 is 5.97 Å². The molecule has 23 heavy (non-hydrogen) atoms. The van der Waals surface area contributed by atoms with E-state index >= 15 is 0 Å². The van der Waals surface area contributed by atoms with Crippen molar-refractivity contribution in [2.45, 2.75) is 13.0 Å². The lowest BCUT2D eigenvalue weighted by Gasteiger charge is -2.18. The lowest BCUT2D eigenvalue weighted by molar-refractivity contribution is 0.0697. The maximum absolute atomic E-state index is 11.9. The van der Waals surface area contributed by atoms with Gasteiger partial charge < -0.3 is 24.8 Å². The highest BCUT2D eigenvalue weighted by Gasteiger charge is 2.08. The molecule has 0 saturated heterocycles. The largest absolute Gasteiger partial charge is 0.478 e. The van der Waals surface area contributed by atoms with Crippen LogP contribution in [0.25, 0.3) is 0 Å². The summed E-state index contributed by atoms with van der Waals surface area (Å²) in [4.78, 5) is 24.2. The van der Waals surface area contributed by atoms with E-state index in [1.165, 1.54) is 12.1 Å². The van der Waals surface area contributed by atoms with Crippen molar-refractivity contribution in [2.75, 3.05) is 40.5 Å². The number of ether oxygens (including phenoxy) is 2. The van der Waals surface area contributed by atoms with Crippen LogP contribution >= 0.6 is 0 Å². The number of likely N-dealkylation sites (N-methyl/N-ethyl adjacent to an activating group) is 1. The van der Waals surface area contributed by atoms with E-state index in [9.17, 15) is 9.59 Å². The Morgan fingerprint density at radius 3 is 2.48 bits per heavy atom. The van der Waals surface area contributed by atoms with Gasteiger partial charge in [0.1, 0.15) is 0 Å². The first-order valence-electron chi connectivity index (χ1n) is 7.42. The maximum atomic E-state index is 11.9. The van der Waals surface area contributed by atoms with E-state index in [2.05, 4.69) is 5.32 Å². The summed E-state index contributed by atoms with van der Waals surface area (Å²) in [7, 11) is 3.34. The van der Waals surface area contributed by atoms with Crippen molar-refractivity contribution in [3.05, 3.63) is 35.4 Å². The summed E-state index contributed by atoms with van der Waals surface area (Å²) in [5, 5.41) is 11.6. The van der Waals surface area contributed by atoms with Crippen molar-refractivity contribution in [3.63, 3.8) is 0 Å². The Hall–Kier alpha value is -2.12. The molecule has 2 amide bonds. The molecule has 0 aliphatic rings. The minimum absolute atomic E-state index is 0.201. The Kier molecular flexibility index (Phi) is 8.71. The van der Waals surface area contributed by atoms with E-state index in [1.807, 2.05) is 0 Å². The van der Waals surface area contributed by atoms with Gasteiger partial charge in [-0.3, -0.25) is 0 Å². The van der Waals surface area contributed by atoms with Crippen molar-refractivity contribution >= 4 is 12.0 Å². The van der Waals surface area contributed by atoms with Crippen LogP contribution in [0.5, 0.6) is 0 Å². The fourth-order valence-corrected chi connectivity index (χ4v) is 1.79. The van der Waals surface area contributed by atoms with Gasteiger partial charge in [-0.05, 0) is 24.1 Å². The molecular weight excluding hydrogens is 300 g/mol. The number of urea groups is 1. The van der Waals surface area contributed by atoms with Gasteiger partial charge in [0.2, 0.25) is 0 Å². The highest BCUT2D eigenvalue weighted by atomic mass is 16.5. The van der Waals surface area contributed by atoms with E-state index in [-0.39, 0.29) is 11.6 Å². The molecule has 7 nitrogen and oxygen atoms in total. The molecule has 0 heterocycles. The molecule has 0 bridgehead atoms. The Bertz CT molecular complexity index is 490. The number of amides is 2. The predicted molar refractivity (Wildman–Crippen MR) is 85.6 cm³/mol. The molecule has 0 aliphatic heterocycles. The summed E-state index contributed by atoms with van der Waals surface area (Å²) in [5.41, 5.74) is 1.07. The van der Waals surface area contributed by atoms with Crippen molar-refractivity contribution in [1.29, 1.82) is 0 Å². The smallest absolute Gasteiger partial charge is 0.335 e. The highest BCUT2D eigenvalue weighted by Crippen LogP contribution is 2.04. The number of carboxylic acid groups (broad SMARTS) is 1. The molecule has 0 aliphatic carbocycles. The van der Waals surface area contributed by atoms with E-state index in [1.54, 1.807) is 31.2 Å². The lowest BCUT2D eigenvalue weighted by atomic mass is 10.1. The van der Waals surface area contributed by atoms with Crippen molar-refractivity contribution < 1.29 is 24.2 Å². The second kappa shape index (κ2) is 10.6. The van der Waals surface area contributed by atoms with Gasteiger partial charge in [0.05, 0.1) is 12.2 Å². The number of nitrogens with one attached hydrogen (secondary N) is 1. The van der Waals surface area contributed by atoms with Crippen LogP contribution in [-0.2, 0) is 16.0 Å². The molecule has 7 heteroatoms. The zero-order chi connectivity index (χ0) is 17.1. The lowest BCUT2D eigenvalue weighted by Crippen LogP contribution is -2.38. The van der Waals surface area contributed by atoms with Crippen LogP contribution in [0.2, 0.25) is 0 Å². The van der Waals surface area contributed by atoms with Crippen LogP contribution < -0.4 is 5.32 Å². The Morgan fingerprint density at radius 1 is 1.17 bits per heavy atom. The fraction of sp³-hybridized carbons (Fsp3) is 0.500. The Labute approximate surface area is 136 Å². The third kappa shape index (κ3) is 7.62. The van der Waals surface area contributed by atoms with Gasteiger partial charge in [-0.25, -0.2) is 9.59 Å². The number of aromatic carboxylic acids is 1. The van der Waals surface area contributed by atoms with Gasteiger partial charge in [-0.1, -0.05) is 12.1 Å². The van der Waals surface area contributed by atoms with Gasteiger partial charge in [0.15, 0.2) is 0 Å². The number of hydrogen-bond acceptors (Lipinski definition) is 4. The highest BCUT2D eigenvalue weighted by molar-refractivity contribution is 5.87. The summed E-state index contributed by atoms with van der Waals surface area (Å²) in [6.45, 7) is 2.59.